The van der Waals surface area contributed by atoms with Crippen LogP contribution in [0.4, 0.5) is 5.69 Å². The highest BCUT2D eigenvalue weighted by Gasteiger charge is 2.16. The normalized spacial score (nSPS) is 15.1. The summed E-state index contributed by atoms with van der Waals surface area (Å²) in [5.74, 6) is 1.36. The lowest BCUT2D eigenvalue weighted by molar-refractivity contribution is 0.315. The average molecular weight is 402 g/mol. The summed E-state index contributed by atoms with van der Waals surface area (Å²) in [7, 11) is 4.10. The van der Waals surface area contributed by atoms with Crippen LogP contribution < -0.4 is 16.0 Å². The number of halogens is 1. The molecule has 118 valence electrons. The van der Waals surface area contributed by atoms with Gasteiger partial charge in [-0.2, -0.15) is 0 Å². The van der Waals surface area contributed by atoms with Gasteiger partial charge in [0.15, 0.2) is 5.96 Å². The molecule has 3 N–H and O–H groups in total. The molecule has 1 aromatic rings. The van der Waals surface area contributed by atoms with Crippen LogP contribution in [0.1, 0.15) is 30.4 Å². The number of rotatable bonds is 5. The number of hydrogen-bond acceptors (Lipinski definition) is 2. The smallest absolute Gasteiger partial charge is 0.188 e. The molecule has 0 bridgehead atoms. The van der Waals surface area contributed by atoms with E-state index in [0.717, 1.165) is 12.5 Å². The summed E-state index contributed by atoms with van der Waals surface area (Å²) in [5.41, 5.74) is 9.60. The Morgan fingerprint density at radius 2 is 2.10 bits per heavy atom. The van der Waals surface area contributed by atoms with Gasteiger partial charge in [0, 0.05) is 26.3 Å². The van der Waals surface area contributed by atoms with Crippen molar-refractivity contribution in [3.63, 3.8) is 0 Å². The van der Waals surface area contributed by atoms with E-state index >= 15 is 0 Å². The molecular formula is C16H27IN4. The highest BCUT2D eigenvalue weighted by molar-refractivity contribution is 14.0. The van der Waals surface area contributed by atoms with Gasteiger partial charge >= 0.3 is 0 Å². The lowest BCUT2D eigenvalue weighted by Gasteiger charge is -2.25. The van der Waals surface area contributed by atoms with Crippen LogP contribution in [-0.2, 0) is 6.54 Å². The summed E-state index contributed by atoms with van der Waals surface area (Å²) in [5, 5.41) is 3.22. The molecule has 1 fully saturated rings. The molecule has 0 aliphatic heterocycles. The fourth-order valence-electron chi connectivity index (χ4n) is 2.31. The van der Waals surface area contributed by atoms with Gasteiger partial charge in [-0.15, -0.1) is 24.0 Å². The van der Waals surface area contributed by atoms with Crippen LogP contribution in [0, 0.1) is 12.8 Å². The van der Waals surface area contributed by atoms with Crippen molar-refractivity contribution in [1.29, 1.82) is 0 Å². The zero-order valence-electron chi connectivity index (χ0n) is 13.2. The Hall–Kier alpha value is -0.980. The fraction of sp³-hybridized carbons (Fsp3) is 0.562. The molecule has 0 aromatic heterocycles. The van der Waals surface area contributed by atoms with Crippen LogP contribution in [0.2, 0.25) is 0 Å². The molecule has 21 heavy (non-hydrogen) atoms. The molecule has 0 amide bonds. The highest BCUT2D eigenvalue weighted by Crippen LogP contribution is 2.25. The molecule has 1 aromatic carbocycles. The molecular weight excluding hydrogens is 375 g/mol. The van der Waals surface area contributed by atoms with E-state index in [4.69, 9.17) is 5.73 Å². The number of aliphatic imine (C=N–C) groups is 1. The van der Waals surface area contributed by atoms with Crippen molar-refractivity contribution in [3.8, 4) is 0 Å². The van der Waals surface area contributed by atoms with Gasteiger partial charge in [-0.3, -0.25) is 0 Å². The van der Waals surface area contributed by atoms with E-state index in [0.29, 0.717) is 12.5 Å². The van der Waals surface area contributed by atoms with Gasteiger partial charge in [-0.25, -0.2) is 4.99 Å². The third kappa shape index (κ3) is 5.37. The van der Waals surface area contributed by atoms with Crippen molar-refractivity contribution in [1.82, 2.24) is 5.32 Å². The van der Waals surface area contributed by atoms with Crippen LogP contribution in [0.5, 0.6) is 0 Å². The van der Waals surface area contributed by atoms with E-state index < -0.39 is 0 Å². The molecule has 1 aliphatic rings. The Bertz CT molecular complexity index is 481. The number of nitrogens with one attached hydrogen (secondary N) is 1. The van der Waals surface area contributed by atoms with E-state index in [1.165, 1.54) is 36.1 Å². The second-order valence-electron chi connectivity index (χ2n) is 5.88. The van der Waals surface area contributed by atoms with E-state index in [1.807, 2.05) is 0 Å². The van der Waals surface area contributed by atoms with Crippen LogP contribution in [0.3, 0.4) is 0 Å². The summed E-state index contributed by atoms with van der Waals surface area (Å²) in [6.07, 6.45) is 4.01. The van der Waals surface area contributed by atoms with E-state index in [1.54, 1.807) is 0 Å². The summed E-state index contributed by atoms with van der Waals surface area (Å²) >= 11 is 0. The number of guanidine groups is 1. The number of nitrogens with two attached hydrogens (primary N) is 1. The first-order valence-electron chi connectivity index (χ1n) is 7.37. The van der Waals surface area contributed by atoms with Crippen molar-refractivity contribution < 1.29 is 0 Å². The quantitative estimate of drug-likeness (QED) is 0.453. The minimum absolute atomic E-state index is 0. The molecule has 5 heteroatoms. The zero-order chi connectivity index (χ0) is 14.5. The molecule has 0 unspecified atom stereocenters. The van der Waals surface area contributed by atoms with Crippen LogP contribution in [0.25, 0.3) is 0 Å². The number of anilines is 1. The summed E-state index contributed by atoms with van der Waals surface area (Å²) in [6.45, 7) is 3.73. The molecule has 0 heterocycles. The molecule has 0 atom stereocenters. The minimum Gasteiger partial charge on any atom is -0.378 e. The van der Waals surface area contributed by atoms with E-state index in [9.17, 15) is 0 Å². The van der Waals surface area contributed by atoms with Crippen molar-refractivity contribution in [2.24, 2.45) is 16.6 Å². The third-order valence-corrected chi connectivity index (χ3v) is 4.06. The first-order chi connectivity index (χ1) is 9.56. The molecule has 0 radical (unpaired) electrons. The molecule has 0 saturated heterocycles. The van der Waals surface area contributed by atoms with Gasteiger partial charge in [-0.1, -0.05) is 12.5 Å². The molecule has 4 nitrogen and oxygen atoms in total. The predicted molar refractivity (Wildman–Crippen MR) is 102 cm³/mol. The van der Waals surface area contributed by atoms with Crippen LogP contribution in [0.15, 0.2) is 23.2 Å². The standard InChI is InChI=1S/C16H26N4.HI/c1-12-9-15(20(2)3)8-7-14(12)11-19-16(17)18-10-13-5-4-6-13;/h7-9,13H,4-6,10-11H2,1-3H3,(H3,17,18,19);1H. The summed E-state index contributed by atoms with van der Waals surface area (Å²) < 4.78 is 0. The number of benzene rings is 1. The zero-order valence-corrected chi connectivity index (χ0v) is 15.6. The minimum atomic E-state index is 0. The van der Waals surface area contributed by atoms with Crippen molar-refractivity contribution in [2.75, 3.05) is 25.5 Å². The maximum Gasteiger partial charge on any atom is 0.188 e. The first-order valence-corrected chi connectivity index (χ1v) is 7.37. The van der Waals surface area contributed by atoms with Gasteiger partial charge in [-0.05, 0) is 48.9 Å². The fourth-order valence-corrected chi connectivity index (χ4v) is 2.31. The van der Waals surface area contributed by atoms with Gasteiger partial charge in [0.25, 0.3) is 0 Å². The topological polar surface area (TPSA) is 53.6 Å². The lowest BCUT2D eigenvalue weighted by Crippen LogP contribution is -2.37. The Labute approximate surface area is 145 Å². The van der Waals surface area contributed by atoms with Crippen molar-refractivity contribution in [2.45, 2.75) is 32.7 Å². The maximum absolute atomic E-state index is 5.91. The molecule has 0 spiro atoms. The predicted octanol–water partition coefficient (Wildman–Crippen LogP) is 2.88. The number of nitrogens with zero attached hydrogens (tertiary/aromatic N) is 2. The van der Waals surface area contributed by atoms with Crippen molar-refractivity contribution >= 4 is 35.6 Å². The monoisotopic (exact) mass is 402 g/mol. The van der Waals surface area contributed by atoms with E-state index in [-0.39, 0.29) is 24.0 Å². The van der Waals surface area contributed by atoms with Crippen LogP contribution in [-0.4, -0.2) is 26.6 Å². The van der Waals surface area contributed by atoms with Gasteiger partial charge in [0.05, 0.1) is 6.54 Å². The maximum atomic E-state index is 5.91. The summed E-state index contributed by atoms with van der Waals surface area (Å²) in [6, 6.07) is 6.44. The Balaban J connectivity index is 0.00000220. The Kier molecular flexibility index (Phi) is 7.28. The SMILES string of the molecule is Cc1cc(N(C)C)ccc1CN=C(N)NCC1CCC1.I. The molecule has 1 saturated carbocycles. The first kappa shape index (κ1) is 18.1. The second kappa shape index (κ2) is 8.46. The molecule has 2 rings (SSSR count). The second-order valence-corrected chi connectivity index (χ2v) is 5.88. The van der Waals surface area contributed by atoms with Gasteiger partial charge in [0.2, 0.25) is 0 Å². The lowest BCUT2D eigenvalue weighted by atomic mass is 9.85. The summed E-state index contributed by atoms with van der Waals surface area (Å²) in [4.78, 5) is 6.54. The Morgan fingerprint density at radius 3 is 2.62 bits per heavy atom. The number of hydrogen-bond donors (Lipinski definition) is 2. The van der Waals surface area contributed by atoms with E-state index in [2.05, 4.69) is 54.4 Å². The molecule has 1 aliphatic carbocycles. The average Bonchev–Trinajstić information content (AvgIpc) is 2.35. The van der Waals surface area contributed by atoms with Gasteiger partial charge in [0.1, 0.15) is 0 Å². The van der Waals surface area contributed by atoms with Gasteiger partial charge < -0.3 is 16.0 Å². The Morgan fingerprint density at radius 1 is 1.38 bits per heavy atom. The van der Waals surface area contributed by atoms with Crippen molar-refractivity contribution in [3.05, 3.63) is 29.3 Å². The van der Waals surface area contributed by atoms with Crippen LogP contribution >= 0.6 is 24.0 Å². The largest absolute Gasteiger partial charge is 0.378 e. The number of aryl methyl sites for hydroxylation is 1. The third-order valence-electron chi connectivity index (χ3n) is 4.06. The highest BCUT2D eigenvalue weighted by atomic mass is 127.